The van der Waals surface area contributed by atoms with E-state index >= 15 is 0 Å². The van der Waals surface area contributed by atoms with Crippen LogP contribution in [0.25, 0.3) is 22.0 Å². The molecule has 1 amide bonds. The molecule has 0 aliphatic rings. The van der Waals surface area contributed by atoms with Crippen molar-refractivity contribution in [2.24, 2.45) is 0 Å². The number of benzene rings is 3. The summed E-state index contributed by atoms with van der Waals surface area (Å²) in [6.07, 6.45) is 5.25. The number of anilines is 2. The van der Waals surface area contributed by atoms with Gasteiger partial charge in [0.2, 0.25) is 0 Å². The first kappa shape index (κ1) is 21.7. The number of hydrogen-bond acceptors (Lipinski definition) is 6. The SMILES string of the molecule is C#CCOc1ccc(-c2nnc(Nc3ccc(OCC(=O)NC)cc3)c3ccccc23)cc1. The smallest absolute Gasteiger partial charge is 0.257 e. The summed E-state index contributed by atoms with van der Waals surface area (Å²) in [6, 6.07) is 22.9. The van der Waals surface area contributed by atoms with Crippen LogP contribution in [0.15, 0.2) is 72.8 Å². The number of likely N-dealkylation sites (N-methyl/N-ethyl adjacent to an activating group) is 1. The predicted molar refractivity (Wildman–Crippen MR) is 129 cm³/mol. The Bertz CT molecular complexity index is 1300. The lowest BCUT2D eigenvalue weighted by molar-refractivity contribution is -0.122. The molecule has 7 heteroatoms. The molecule has 7 nitrogen and oxygen atoms in total. The minimum atomic E-state index is -0.186. The van der Waals surface area contributed by atoms with E-state index in [1.54, 1.807) is 19.2 Å². The molecule has 1 heterocycles. The van der Waals surface area contributed by atoms with Crippen molar-refractivity contribution in [1.29, 1.82) is 0 Å². The van der Waals surface area contributed by atoms with Gasteiger partial charge in [-0.15, -0.1) is 16.6 Å². The van der Waals surface area contributed by atoms with Gasteiger partial charge >= 0.3 is 0 Å². The monoisotopic (exact) mass is 438 g/mol. The number of nitrogens with one attached hydrogen (secondary N) is 2. The highest BCUT2D eigenvalue weighted by Crippen LogP contribution is 2.32. The largest absolute Gasteiger partial charge is 0.484 e. The van der Waals surface area contributed by atoms with E-state index in [1.165, 1.54) is 0 Å². The van der Waals surface area contributed by atoms with Gasteiger partial charge in [-0.3, -0.25) is 4.79 Å². The fourth-order valence-corrected chi connectivity index (χ4v) is 3.24. The summed E-state index contributed by atoms with van der Waals surface area (Å²) < 4.78 is 10.9. The minimum absolute atomic E-state index is 0.0299. The molecule has 0 saturated heterocycles. The first-order valence-electron chi connectivity index (χ1n) is 10.3. The number of terminal acetylenes is 1. The van der Waals surface area contributed by atoms with Crippen molar-refractivity contribution in [3.05, 3.63) is 72.8 Å². The van der Waals surface area contributed by atoms with Crippen molar-refractivity contribution in [3.63, 3.8) is 0 Å². The van der Waals surface area contributed by atoms with Crippen molar-refractivity contribution in [3.8, 4) is 35.1 Å². The van der Waals surface area contributed by atoms with E-state index in [0.29, 0.717) is 17.3 Å². The summed E-state index contributed by atoms with van der Waals surface area (Å²) in [4.78, 5) is 11.3. The molecule has 0 bridgehead atoms. The van der Waals surface area contributed by atoms with Crippen LogP contribution in [0.2, 0.25) is 0 Å². The number of amides is 1. The van der Waals surface area contributed by atoms with Crippen LogP contribution in [0.5, 0.6) is 11.5 Å². The maximum Gasteiger partial charge on any atom is 0.257 e. The first-order chi connectivity index (χ1) is 16.2. The van der Waals surface area contributed by atoms with Crippen LogP contribution in [-0.2, 0) is 4.79 Å². The van der Waals surface area contributed by atoms with E-state index in [2.05, 4.69) is 26.8 Å². The maximum absolute atomic E-state index is 11.3. The van der Waals surface area contributed by atoms with Crippen LogP contribution in [0.4, 0.5) is 11.5 Å². The Morgan fingerprint density at radius 2 is 1.58 bits per heavy atom. The summed E-state index contributed by atoms with van der Waals surface area (Å²) in [5.74, 6) is 4.21. The lowest BCUT2D eigenvalue weighted by Crippen LogP contribution is -2.24. The van der Waals surface area contributed by atoms with Crippen LogP contribution >= 0.6 is 0 Å². The average Bonchev–Trinajstić information content (AvgIpc) is 2.87. The third kappa shape index (κ3) is 5.20. The van der Waals surface area contributed by atoms with E-state index < -0.39 is 0 Å². The fourth-order valence-electron chi connectivity index (χ4n) is 3.24. The Morgan fingerprint density at radius 1 is 0.909 bits per heavy atom. The van der Waals surface area contributed by atoms with E-state index in [9.17, 15) is 4.79 Å². The zero-order chi connectivity index (χ0) is 23.0. The van der Waals surface area contributed by atoms with Gasteiger partial charge < -0.3 is 20.1 Å². The molecule has 1 aromatic heterocycles. The predicted octanol–water partition coefficient (Wildman–Crippen LogP) is 4.18. The molecule has 4 rings (SSSR count). The van der Waals surface area contributed by atoms with Gasteiger partial charge in [-0.05, 0) is 48.5 Å². The summed E-state index contributed by atoms with van der Waals surface area (Å²) in [5, 5.41) is 16.7. The molecule has 0 radical (unpaired) electrons. The van der Waals surface area contributed by atoms with Crippen molar-refractivity contribution in [2.45, 2.75) is 0 Å². The molecule has 3 aromatic carbocycles. The second-order valence-corrected chi connectivity index (χ2v) is 7.07. The van der Waals surface area contributed by atoms with E-state index in [4.69, 9.17) is 15.9 Å². The molecule has 0 fully saturated rings. The molecule has 2 N–H and O–H groups in total. The number of carbonyl (C=O) groups is 1. The van der Waals surface area contributed by atoms with Crippen molar-refractivity contribution >= 4 is 28.2 Å². The highest BCUT2D eigenvalue weighted by atomic mass is 16.5. The minimum Gasteiger partial charge on any atom is -0.484 e. The second-order valence-electron chi connectivity index (χ2n) is 7.07. The van der Waals surface area contributed by atoms with Crippen LogP contribution in [0, 0.1) is 12.3 Å². The maximum atomic E-state index is 11.3. The molecule has 0 unspecified atom stereocenters. The number of hydrogen-bond donors (Lipinski definition) is 2. The molecule has 0 atom stereocenters. The van der Waals surface area contributed by atoms with Gasteiger partial charge in [-0.1, -0.05) is 30.2 Å². The van der Waals surface area contributed by atoms with Crippen molar-refractivity contribution in [1.82, 2.24) is 15.5 Å². The molecular weight excluding hydrogens is 416 g/mol. The fraction of sp³-hybridized carbons (Fsp3) is 0.115. The number of nitrogens with zero attached hydrogens (tertiary/aromatic N) is 2. The summed E-state index contributed by atoms with van der Waals surface area (Å²) in [7, 11) is 1.57. The van der Waals surface area contributed by atoms with E-state index in [-0.39, 0.29) is 19.1 Å². The van der Waals surface area contributed by atoms with Crippen LogP contribution < -0.4 is 20.1 Å². The average molecular weight is 438 g/mol. The number of ether oxygens (including phenoxy) is 2. The molecule has 0 aliphatic heterocycles. The van der Waals surface area contributed by atoms with Gasteiger partial charge in [0.1, 0.15) is 23.8 Å². The summed E-state index contributed by atoms with van der Waals surface area (Å²) >= 11 is 0. The molecule has 0 spiro atoms. The zero-order valence-electron chi connectivity index (χ0n) is 18.0. The third-order valence-electron chi connectivity index (χ3n) is 4.90. The number of rotatable bonds is 8. The van der Waals surface area contributed by atoms with Crippen LogP contribution in [-0.4, -0.2) is 36.4 Å². The standard InChI is InChI=1S/C26H22N4O3/c1-3-16-32-20-12-8-18(9-13-20)25-22-6-4-5-7-23(22)26(30-29-25)28-19-10-14-21(15-11-19)33-17-24(31)27-2/h1,4-15H,16-17H2,2H3,(H,27,31)(H,28,30). The Labute approximate surface area is 191 Å². The van der Waals surface area contributed by atoms with Gasteiger partial charge in [0.25, 0.3) is 5.91 Å². The molecule has 164 valence electrons. The lowest BCUT2D eigenvalue weighted by atomic mass is 10.0. The quantitative estimate of drug-likeness (QED) is 0.402. The van der Waals surface area contributed by atoms with Gasteiger partial charge in [-0.2, -0.15) is 0 Å². The van der Waals surface area contributed by atoms with Gasteiger partial charge in [-0.25, -0.2) is 0 Å². The lowest BCUT2D eigenvalue weighted by Gasteiger charge is -2.12. The van der Waals surface area contributed by atoms with Crippen molar-refractivity contribution < 1.29 is 14.3 Å². The molecule has 0 aliphatic carbocycles. The highest BCUT2D eigenvalue weighted by Gasteiger charge is 2.11. The van der Waals surface area contributed by atoms with Crippen LogP contribution in [0.1, 0.15) is 0 Å². The molecule has 4 aromatic rings. The van der Waals surface area contributed by atoms with E-state index in [1.807, 2.05) is 60.7 Å². The Morgan fingerprint density at radius 3 is 2.27 bits per heavy atom. The summed E-state index contributed by atoms with van der Waals surface area (Å²) in [5.41, 5.74) is 2.53. The Hall–Kier alpha value is -4.57. The van der Waals surface area contributed by atoms with Gasteiger partial charge in [0, 0.05) is 29.1 Å². The van der Waals surface area contributed by atoms with Gasteiger partial charge in [0.15, 0.2) is 12.4 Å². The van der Waals surface area contributed by atoms with Crippen LogP contribution in [0.3, 0.4) is 0 Å². The highest BCUT2D eigenvalue weighted by molar-refractivity contribution is 6.00. The number of carbonyl (C=O) groups excluding carboxylic acids is 1. The number of aromatic nitrogens is 2. The number of fused-ring (bicyclic) bond motifs is 1. The second kappa shape index (κ2) is 10.2. The molecule has 0 saturated carbocycles. The topological polar surface area (TPSA) is 85.4 Å². The molecular formula is C26H22N4O3. The Balaban J connectivity index is 1.57. The Kier molecular flexibility index (Phi) is 6.67. The first-order valence-corrected chi connectivity index (χ1v) is 10.3. The third-order valence-corrected chi connectivity index (χ3v) is 4.90. The zero-order valence-corrected chi connectivity index (χ0v) is 18.0. The summed E-state index contributed by atoms with van der Waals surface area (Å²) in [6.45, 7) is 0.196. The van der Waals surface area contributed by atoms with E-state index in [0.717, 1.165) is 27.7 Å². The molecule has 33 heavy (non-hydrogen) atoms. The van der Waals surface area contributed by atoms with Gasteiger partial charge in [0.05, 0.1) is 0 Å². The normalized spacial score (nSPS) is 10.3. The van der Waals surface area contributed by atoms with Crippen molar-refractivity contribution in [2.75, 3.05) is 25.6 Å².